The molecule has 0 aromatic heterocycles. The van der Waals surface area contributed by atoms with E-state index in [1.807, 2.05) is 13.8 Å². The first-order valence-corrected chi connectivity index (χ1v) is 13.6. The lowest BCUT2D eigenvalue weighted by Crippen LogP contribution is -2.51. The highest BCUT2D eigenvalue weighted by Gasteiger charge is 2.30. The molecule has 0 saturated carbocycles. The molecule has 0 saturated heterocycles. The first-order valence-electron chi connectivity index (χ1n) is 11.0. The quantitative estimate of drug-likeness (QED) is 0.462. The number of carbonyl (C=O) groups is 2. The molecule has 0 fully saturated rings. The van der Waals surface area contributed by atoms with Crippen molar-refractivity contribution in [1.82, 2.24) is 10.2 Å². The van der Waals surface area contributed by atoms with Gasteiger partial charge in [-0.3, -0.25) is 13.9 Å². The van der Waals surface area contributed by atoms with Crippen LogP contribution in [0.5, 0.6) is 5.75 Å². The molecule has 2 aromatic rings. The van der Waals surface area contributed by atoms with Gasteiger partial charge in [0.1, 0.15) is 18.3 Å². The fourth-order valence-electron chi connectivity index (χ4n) is 3.27. The third-order valence-corrected chi connectivity index (χ3v) is 7.06. The van der Waals surface area contributed by atoms with Crippen LogP contribution in [0.1, 0.15) is 26.3 Å². The van der Waals surface area contributed by atoms with E-state index in [0.29, 0.717) is 22.9 Å². The first-order chi connectivity index (χ1) is 16.3. The summed E-state index contributed by atoms with van der Waals surface area (Å²) in [5.74, 6) is -0.336. The second-order valence-electron chi connectivity index (χ2n) is 8.52. The molecule has 2 aromatic carbocycles. The maximum absolute atomic E-state index is 13.5. The number of nitrogens with one attached hydrogen (secondary N) is 1. The van der Waals surface area contributed by atoms with Crippen LogP contribution in [0.2, 0.25) is 10.0 Å². The number of rotatable bonds is 11. The molecule has 0 aliphatic rings. The molecule has 0 spiro atoms. The zero-order chi connectivity index (χ0) is 26.3. The summed E-state index contributed by atoms with van der Waals surface area (Å²) in [6.45, 7) is 5.45. The van der Waals surface area contributed by atoms with E-state index >= 15 is 0 Å². The number of nitrogens with zero attached hydrogens (tertiary/aromatic N) is 2. The Bertz CT molecular complexity index is 1160. The van der Waals surface area contributed by atoms with Crippen molar-refractivity contribution in [1.29, 1.82) is 0 Å². The molecule has 0 aliphatic heterocycles. The number of benzene rings is 2. The highest BCUT2D eigenvalue weighted by Crippen LogP contribution is 2.30. The van der Waals surface area contributed by atoms with Crippen LogP contribution in [0.4, 0.5) is 5.69 Å². The predicted octanol–water partition coefficient (Wildman–Crippen LogP) is 3.96. The number of hydrogen-bond acceptors (Lipinski definition) is 5. The minimum absolute atomic E-state index is 0.0236. The lowest BCUT2D eigenvalue weighted by Gasteiger charge is -2.32. The van der Waals surface area contributed by atoms with Crippen molar-refractivity contribution >= 4 is 50.7 Å². The number of ether oxygens (including phenoxy) is 1. The molecule has 2 amide bonds. The van der Waals surface area contributed by atoms with Crippen molar-refractivity contribution in [3.63, 3.8) is 0 Å². The third-order valence-electron chi connectivity index (χ3n) is 5.25. The Morgan fingerprint density at radius 3 is 2.26 bits per heavy atom. The van der Waals surface area contributed by atoms with E-state index < -0.39 is 28.5 Å². The molecule has 1 atom stereocenters. The molecule has 0 heterocycles. The standard InChI is InChI=1S/C24H31Cl2N3O5S/c1-16(2)13-27-24(31)17(3)28(14-18-8-6-7-9-20(18)25)23(30)15-29(35(5,32)33)19-10-11-22(34-4)21(26)12-19/h6-12,16-17H,13-15H2,1-5H3,(H,27,31)/t17-/m1/s1. The summed E-state index contributed by atoms with van der Waals surface area (Å²) in [4.78, 5) is 27.7. The summed E-state index contributed by atoms with van der Waals surface area (Å²) in [5.41, 5.74) is 0.825. The van der Waals surface area contributed by atoms with Gasteiger partial charge in [0.05, 0.1) is 24.1 Å². The van der Waals surface area contributed by atoms with E-state index in [9.17, 15) is 18.0 Å². The summed E-state index contributed by atoms with van der Waals surface area (Å²) in [7, 11) is -2.43. The van der Waals surface area contributed by atoms with Gasteiger partial charge in [-0.1, -0.05) is 55.2 Å². The Morgan fingerprint density at radius 1 is 1.06 bits per heavy atom. The topological polar surface area (TPSA) is 96.0 Å². The van der Waals surface area contributed by atoms with Gasteiger partial charge < -0.3 is 15.0 Å². The number of sulfonamides is 1. The van der Waals surface area contributed by atoms with Gasteiger partial charge in [-0.2, -0.15) is 0 Å². The molecule has 11 heteroatoms. The maximum Gasteiger partial charge on any atom is 0.244 e. The fourth-order valence-corrected chi connectivity index (χ4v) is 4.56. The second-order valence-corrected chi connectivity index (χ2v) is 11.2. The summed E-state index contributed by atoms with van der Waals surface area (Å²) in [6, 6.07) is 10.5. The number of amides is 2. The van der Waals surface area contributed by atoms with Gasteiger partial charge in [0.15, 0.2) is 0 Å². The number of methoxy groups -OCH3 is 1. The van der Waals surface area contributed by atoms with Gasteiger partial charge in [0.2, 0.25) is 21.8 Å². The van der Waals surface area contributed by atoms with Gasteiger partial charge in [0.25, 0.3) is 0 Å². The molecule has 8 nitrogen and oxygen atoms in total. The lowest BCUT2D eigenvalue weighted by atomic mass is 10.1. The molecule has 192 valence electrons. The molecule has 1 N–H and O–H groups in total. The van der Waals surface area contributed by atoms with Gasteiger partial charge in [-0.25, -0.2) is 8.42 Å². The summed E-state index contributed by atoms with van der Waals surface area (Å²) in [5, 5.41) is 3.45. The monoisotopic (exact) mass is 543 g/mol. The van der Waals surface area contributed by atoms with Crippen LogP contribution in [0, 0.1) is 5.92 Å². The van der Waals surface area contributed by atoms with Crippen LogP contribution < -0.4 is 14.4 Å². The minimum atomic E-state index is -3.87. The van der Waals surface area contributed by atoms with Gasteiger partial charge >= 0.3 is 0 Å². The Kier molecular flexibility index (Phi) is 10.2. The molecule has 0 bridgehead atoms. The minimum Gasteiger partial charge on any atom is -0.495 e. The highest BCUT2D eigenvalue weighted by molar-refractivity contribution is 7.92. The summed E-state index contributed by atoms with van der Waals surface area (Å²) in [6.07, 6.45) is 0.996. The summed E-state index contributed by atoms with van der Waals surface area (Å²) < 4.78 is 31.3. The lowest BCUT2D eigenvalue weighted by molar-refractivity contribution is -0.139. The van der Waals surface area contributed by atoms with E-state index in [2.05, 4.69) is 5.32 Å². The van der Waals surface area contributed by atoms with Gasteiger partial charge in [-0.05, 0) is 42.7 Å². The Morgan fingerprint density at radius 2 is 1.71 bits per heavy atom. The molecular formula is C24H31Cl2N3O5S. The van der Waals surface area contributed by atoms with Gasteiger partial charge in [0, 0.05) is 18.1 Å². The van der Waals surface area contributed by atoms with Crippen LogP contribution in [-0.4, -0.2) is 57.6 Å². The SMILES string of the molecule is COc1ccc(N(CC(=O)N(Cc2ccccc2Cl)[C@H](C)C(=O)NCC(C)C)S(C)(=O)=O)cc1Cl. The number of anilines is 1. The number of hydrogen-bond donors (Lipinski definition) is 1. The van der Waals surface area contributed by atoms with E-state index in [0.717, 1.165) is 10.6 Å². The van der Waals surface area contributed by atoms with E-state index in [4.69, 9.17) is 27.9 Å². The average Bonchev–Trinajstić information content (AvgIpc) is 2.79. The zero-order valence-corrected chi connectivity index (χ0v) is 22.7. The molecule has 2 rings (SSSR count). The zero-order valence-electron chi connectivity index (χ0n) is 20.4. The fraction of sp³-hybridized carbons (Fsp3) is 0.417. The molecule has 0 aliphatic carbocycles. The Balaban J connectivity index is 2.41. The van der Waals surface area contributed by atoms with Crippen molar-refractivity contribution in [3.05, 3.63) is 58.1 Å². The van der Waals surface area contributed by atoms with Crippen LogP contribution >= 0.6 is 23.2 Å². The number of carbonyl (C=O) groups excluding carboxylic acids is 2. The molecular weight excluding hydrogens is 513 g/mol. The Hall–Kier alpha value is -2.49. The number of halogens is 2. The average molecular weight is 545 g/mol. The molecule has 0 unspecified atom stereocenters. The van der Waals surface area contributed by atoms with Crippen molar-refractivity contribution < 1.29 is 22.7 Å². The smallest absolute Gasteiger partial charge is 0.244 e. The van der Waals surface area contributed by atoms with E-state index in [1.165, 1.54) is 30.2 Å². The summed E-state index contributed by atoms with van der Waals surface area (Å²) >= 11 is 12.5. The van der Waals surface area contributed by atoms with Crippen molar-refractivity contribution in [2.45, 2.75) is 33.4 Å². The Labute approximate surface area is 217 Å². The van der Waals surface area contributed by atoms with Gasteiger partial charge in [-0.15, -0.1) is 0 Å². The normalized spacial score (nSPS) is 12.2. The van der Waals surface area contributed by atoms with Crippen LogP contribution in [0.15, 0.2) is 42.5 Å². The highest BCUT2D eigenvalue weighted by atomic mass is 35.5. The first kappa shape index (κ1) is 28.7. The van der Waals surface area contributed by atoms with Crippen LogP contribution in [0.3, 0.4) is 0 Å². The van der Waals surface area contributed by atoms with Crippen LogP contribution in [0.25, 0.3) is 0 Å². The largest absolute Gasteiger partial charge is 0.495 e. The van der Waals surface area contributed by atoms with Crippen molar-refractivity contribution in [3.8, 4) is 5.75 Å². The van der Waals surface area contributed by atoms with E-state index in [1.54, 1.807) is 31.2 Å². The molecule has 0 radical (unpaired) electrons. The van der Waals surface area contributed by atoms with E-state index in [-0.39, 0.29) is 29.1 Å². The van der Waals surface area contributed by atoms with Crippen molar-refractivity contribution in [2.75, 3.05) is 30.8 Å². The van der Waals surface area contributed by atoms with Crippen LogP contribution in [-0.2, 0) is 26.2 Å². The second kappa shape index (κ2) is 12.5. The van der Waals surface area contributed by atoms with Crippen molar-refractivity contribution in [2.24, 2.45) is 5.92 Å². The third kappa shape index (κ3) is 8.02. The predicted molar refractivity (Wildman–Crippen MR) is 140 cm³/mol. The molecule has 35 heavy (non-hydrogen) atoms. The maximum atomic E-state index is 13.5.